The first kappa shape index (κ1) is 20.7. The van der Waals surface area contributed by atoms with Gasteiger partial charge in [0.1, 0.15) is 17.4 Å². The highest BCUT2D eigenvalue weighted by atomic mass is 19.1. The molecule has 30 heavy (non-hydrogen) atoms. The molecule has 5 nitrogen and oxygen atoms in total. The quantitative estimate of drug-likeness (QED) is 0.634. The molecule has 1 aliphatic heterocycles. The van der Waals surface area contributed by atoms with Crippen LogP contribution in [-0.2, 0) is 22.4 Å². The van der Waals surface area contributed by atoms with Crippen LogP contribution in [0.25, 0.3) is 10.9 Å². The Balaban J connectivity index is 1.28. The number of halogens is 2. The zero-order valence-corrected chi connectivity index (χ0v) is 16.7. The molecule has 1 saturated heterocycles. The molecule has 4 rings (SSSR count). The normalized spacial score (nSPS) is 19.2. The van der Waals surface area contributed by atoms with Crippen molar-refractivity contribution in [3.8, 4) is 5.75 Å². The Morgan fingerprint density at radius 2 is 1.83 bits per heavy atom. The molecule has 2 heterocycles. The van der Waals surface area contributed by atoms with E-state index in [9.17, 15) is 8.78 Å². The highest BCUT2D eigenvalue weighted by Gasteiger charge is 2.22. The second-order valence-corrected chi connectivity index (χ2v) is 7.34. The summed E-state index contributed by atoms with van der Waals surface area (Å²) in [6, 6.07) is 11.3. The fourth-order valence-electron chi connectivity index (χ4n) is 3.60. The molecule has 0 spiro atoms. The SMILES string of the molecule is COc1ccc2nccc(CC[C@H]3OC[C@H](NCc4cc(F)cc(F)c4)CO3)c2c1. The molecular formula is C23H24F2N2O3. The predicted octanol–water partition coefficient (Wildman–Crippen LogP) is 3.99. The molecule has 0 unspecified atom stereocenters. The average Bonchev–Trinajstić information content (AvgIpc) is 2.76. The number of rotatable bonds is 7. The lowest BCUT2D eigenvalue weighted by atomic mass is 10.0. The van der Waals surface area contributed by atoms with E-state index in [0.717, 1.165) is 35.6 Å². The van der Waals surface area contributed by atoms with Gasteiger partial charge in [0.15, 0.2) is 6.29 Å². The van der Waals surface area contributed by atoms with Gasteiger partial charge in [-0.2, -0.15) is 0 Å². The Hall–Kier alpha value is -2.61. The van der Waals surface area contributed by atoms with Crippen LogP contribution in [0.2, 0.25) is 0 Å². The minimum atomic E-state index is -0.579. The molecule has 1 aromatic heterocycles. The van der Waals surface area contributed by atoms with Gasteiger partial charge in [-0.1, -0.05) is 0 Å². The molecule has 0 atom stereocenters. The van der Waals surface area contributed by atoms with E-state index in [1.807, 2.05) is 30.5 Å². The third-order valence-corrected chi connectivity index (χ3v) is 5.17. The summed E-state index contributed by atoms with van der Waals surface area (Å²) in [6.07, 6.45) is 3.03. The van der Waals surface area contributed by atoms with Gasteiger partial charge >= 0.3 is 0 Å². The zero-order chi connectivity index (χ0) is 20.9. The largest absolute Gasteiger partial charge is 0.497 e. The number of nitrogens with zero attached hydrogens (tertiary/aromatic N) is 1. The van der Waals surface area contributed by atoms with Crippen LogP contribution in [0.5, 0.6) is 5.75 Å². The first-order valence-electron chi connectivity index (χ1n) is 9.94. The van der Waals surface area contributed by atoms with Crippen molar-refractivity contribution in [2.24, 2.45) is 0 Å². The number of hydrogen-bond donors (Lipinski definition) is 1. The van der Waals surface area contributed by atoms with Gasteiger partial charge in [-0.25, -0.2) is 8.78 Å². The molecular weight excluding hydrogens is 390 g/mol. The van der Waals surface area contributed by atoms with E-state index in [4.69, 9.17) is 14.2 Å². The number of aryl methyl sites for hydroxylation is 1. The number of benzene rings is 2. The Morgan fingerprint density at radius 1 is 1.07 bits per heavy atom. The molecule has 0 aliphatic carbocycles. The van der Waals surface area contributed by atoms with E-state index >= 15 is 0 Å². The fraction of sp³-hybridized carbons (Fsp3) is 0.348. The van der Waals surface area contributed by atoms with E-state index < -0.39 is 11.6 Å². The summed E-state index contributed by atoms with van der Waals surface area (Å²) in [6.45, 7) is 1.31. The number of hydrogen-bond acceptors (Lipinski definition) is 5. The van der Waals surface area contributed by atoms with Crippen molar-refractivity contribution in [1.29, 1.82) is 0 Å². The monoisotopic (exact) mass is 414 g/mol. The van der Waals surface area contributed by atoms with Crippen LogP contribution in [-0.4, -0.2) is 37.6 Å². The Kier molecular flexibility index (Phi) is 6.52. The van der Waals surface area contributed by atoms with Gasteiger partial charge in [0.2, 0.25) is 0 Å². The van der Waals surface area contributed by atoms with Gasteiger partial charge in [0, 0.05) is 30.6 Å². The van der Waals surface area contributed by atoms with Crippen LogP contribution >= 0.6 is 0 Å². The third-order valence-electron chi connectivity index (χ3n) is 5.17. The average molecular weight is 414 g/mol. The molecule has 0 amide bonds. The smallest absolute Gasteiger partial charge is 0.158 e. The summed E-state index contributed by atoms with van der Waals surface area (Å²) in [5.41, 5.74) is 2.64. The molecule has 3 aromatic rings. The number of fused-ring (bicyclic) bond motifs is 1. The number of methoxy groups -OCH3 is 1. The molecule has 1 aliphatic rings. The summed E-state index contributed by atoms with van der Waals surface area (Å²) in [5, 5.41) is 4.28. The van der Waals surface area contributed by atoms with Crippen LogP contribution in [0.15, 0.2) is 48.7 Å². The Bertz CT molecular complexity index is 987. The number of nitrogens with one attached hydrogen (secondary N) is 1. The molecule has 2 aromatic carbocycles. The van der Waals surface area contributed by atoms with Crippen molar-refractivity contribution < 1.29 is 23.0 Å². The Labute approximate surface area is 174 Å². The van der Waals surface area contributed by atoms with Crippen LogP contribution < -0.4 is 10.1 Å². The maximum absolute atomic E-state index is 13.3. The third kappa shape index (κ3) is 5.11. The van der Waals surface area contributed by atoms with Gasteiger partial charge in [0.25, 0.3) is 0 Å². The van der Waals surface area contributed by atoms with Gasteiger partial charge in [-0.05, 0) is 53.9 Å². The van der Waals surface area contributed by atoms with Crippen molar-refractivity contribution in [2.75, 3.05) is 20.3 Å². The standard InChI is InChI=1S/C23H24F2N2O3/c1-28-20-3-4-22-21(11-20)16(6-7-26-22)2-5-23-29-13-19(14-30-23)27-12-15-8-17(24)10-18(25)9-15/h3-4,6-11,19,23,27H,2,5,12-14H2,1H3/t19-,23-. The Morgan fingerprint density at radius 3 is 2.57 bits per heavy atom. The van der Waals surface area contributed by atoms with Crippen LogP contribution in [0.3, 0.4) is 0 Å². The summed E-state index contributed by atoms with van der Waals surface area (Å²) >= 11 is 0. The predicted molar refractivity (Wildman–Crippen MR) is 109 cm³/mol. The van der Waals surface area contributed by atoms with Crippen molar-refractivity contribution >= 4 is 10.9 Å². The maximum Gasteiger partial charge on any atom is 0.158 e. The molecule has 1 fully saturated rings. The molecule has 7 heteroatoms. The lowest BCUT2D eigenvalue weighted by Crippen LogP contribution is -2.44. The summed E-state index contributed by atoms with van der Waals surface area (Å²) in [5.74, 6) is -0.359. The highest BCUT2D eigenvalue weighted by Crippen LogP contribution is 2.24. The highest BCUT2D eigenvalue weighted by molar-refractivity contribution is 5.83. The second kappa shape index (κ2) is 9.47. The lowest BCUT2D eigenvalue weighted by Gasteiger charge is -2.30. The van der Waals surface area contributed by atoms with Crippen molar-refractivity contribution in [3.63, 3.8) is 0 Å². The van der Waals surface area contributed by atoms with E-state index in [0.29, 0.717) is 25.3 Å². The number of aromatic nitrogens is 1. The molecule has 0 radical (unpaired) electrons. The van der Waals surface area contributed by atoms with E-state index in [1.54, 1.807) is 7.11 Å². The van der Waals surface area contributed by atoms with Gasteiger partial charge in [-0.15, -0.1) is 0 Å². The summed E-state index contributed by atoms with van der Waals surface area (Å²) < 4.78 is 43.6. The molecule has 0 saturated carbocycles. The van der Waals surface area contributed by atoms with E-state index in [2.05, 4.69) is 10.3 Å². The lowest BCUT2D eigenvalue weighted by molar-refractivity contribution is -0.192. The second-order valence-electron chi connectivity index (χ2n) is 7.34. The molecule has 1 N–H and O–H groups in total. The minimum absolute atomic E-state index is 0.0291. The first-order chi connectivity index (χ1) is 14.6. The summed E-state index contributed by atoms with van der Waals surface area (Å²) in [7, 11) is 1.65. The maximum atomic E-state index is 13.3. The number of pyridine rings is 1. The van der Waals surface area contributed by atoms with E-state index in [1.165, 1.54) is 17.7 Å². The van der Waals surface area contributed by atoms with Gasteiger partial charge in [-0.3, -0.25) is 4.98 Å². The van der Waals surface area contributed by atoms with Gasteiger partial charge in [0.05, 0.1) is 31.9 Å². The molecule has 158 valence electrons. The van der Waals surface area contributed by atoms with Crippen LogP contribution in [0, 0.1) is 11.6 Å². The first-order valence-corrected chi connectivity index (χ1v) is 9.94. The topological polar surface area (TPSA) is 52.6 Å². The van der Waals surface area contributed by atoms with Crippen molar-refractivity contribution in [1.82, 2.24) is 10.3 Å². The zero-order valence-electron chi connectivity index (χ0n) is 16.7. The summed E-state index contributed by atoms with van der Waals surface area (Å²) in [4.78, 5) is 4.40. The molecule has 0 bridgehead atoms. The van der Waals surface area contributed by atoms with Crippen molar-refractivity contribution in [2.45, 2.75) is 31.7 Å². The number of ether oxygens (including phenoxy) is 3. The van der Waals surface area contributed by atoms with Crippen molar-refractivity contribution in [3.05, 3.63) is 71.4 Å². The van der Waals surface area contributed by atoms with Crippen LogP contribution in [0.1, 0.15) is 17.5 Å². The van der Waals surface area contributed by atoms with Crippen LogP contribution in [0.4, 0.5) is 8.78 Å². The fourth-order valence-corrected chi connectivity index (χ4v) is 3.60. The minimum Gasteiger partial charge on any atom is -0.497 e. The van der Waals surface area contributed by atoms with Gasteiger partial charge < -0.3 is 19.5 Å². The van der Waals surface area contributed by atoms with E-state index in [-0.39, 0.29) is 12.3 Å².